The number of piperazine rings is 1. The average molecular weight is 154 g/mol. The van der Waals surface area contributed by atoms with Gasteiger partial charge in [0.25, 0.3) is 0 Å². The summed E-state index contributed by atoms with van der Waals surface area (Å²) in [5, 5.41) is 10.1. The highest BCUT2D eigenvalue weighted by atomic mass is 16.1. The zero-order chi connectivity index (χ0) is 8.27. The van der Waals surface area contributed by atoms with E-state index in [2.05, 4.69) is 5.32 Å². The molecule has 0 radical (unpaired) electrons. The van der Waals surface area contributed by atoms with E-state index in [0.717, 1.165) is 6.54 Å². The minimum atomic E-state index is -0.0927. The molecule has 0 aromatic rings. The maximum Gasteiger partial charge on any atom is 0.193 e. The second kappa shape index (κ2) is 3.18. The van der Waals surface area contributed by atoms with Crippen LogP contribution in [0.1, 0.15) is 0 Å². The van der Waals surface area contributed by atoms with Gasteiger partial charge in [0.05, 0.1) is 0 Å². The first kappa shape index (κ1) is 7.78. The zero-order valence-electron chi connectivity index (χ0n) is 6.05. The summed E-state index contributed by atoms with van der Waals surface area (Å²) >= 11 is 0. The number of guanidine groups is 1. The first-order chi connectivity index (χ1) is 5.25. The van der Waals surface area contributed by atoms with Crippen LogP contribution in [0.4, 0.5) is 0 Å². The van der Waals surface area contributed by atoms with Gasteiger partial charge in [-0.3, -0.25) is 5.41 Å². The van der Waals surface area contributed by atoms with Crippen LogP contribution in [-0.4, -0.2) is 36.4 Å². The summed E-state index contributed by atoms with van der Waals surface area (Å²) in [4.78, 5) is 11.7. The van der Waals surface area contributed by atoms with Crippen molar-refractivity contribution in [3.05, 3.63) is 5.70 Å². The largest absolute Gasteiger partial charge is 0.370 e. The first-order valence-electron chi connectivity index (χ1n) is 3.32. The predicted molar refractivity (Wildman–Crippen MR) is 40.7 cm³/mol. The fraction of sp³-hybridized carbons (Fsp3) is 0.500. The number of nitrogens with one attached hydrogen (secondary N) is 2. The SMILES string of the molecule is N=C(N)N1CCNCC1=C=O. The molecule has 5 nitrogen and oxygen atoms in total. The van der Waals surface area contributed by atoms with Crippen molar-refractivity contribution in [3.63, 3.8) is 0 Å². The molecule has 1 aliphatic rings. The fourth-order valence-electron chi connectivity index (χ4n) is 0.985. The lowest BCUT2D eigenvalue weighted by Crippen LogP contribution is -2.47. The van der Waals surface area contributed by atoms with Crippen molar-refractivity contribution in [2.24, 2.45) is 5.73 Å². The van der Waals surface area contributed by atoms with Crippen LogP contribution in [0.5, 0.6) is 0 Å². The summed E-state index contributed by atoms with van der Waals surface area (Å²) in [5.41, 5.74) is 5.62. The van der Waals surface area contributed by atoms with Gasteiger partial charge in [0.1, 0.15) is 11.6 Å². The topological polar surface area (TPSA) is 82.2 Å². The van der Waals surface area contributed by atoms with E-state index in [0.29, 0.717) is 18.8 Å². The number of rotatable bonds is 0. The van der Waals surface area contributed by atoms with Crippen LogP contribution in [-0.2, 0) is 4.79 Å². The van der Waals surface area contributed by atoms with Crippen LogP contribution in [0.15, 0.2) is 5.70 Å². The molecule has 0 amide bonds. The minimum Gasteiger partial charge on any atom is -0.370 e. The maximum atomic E-state index is 10.3. The molecule has 1 aliphatic heterocycles. The van der Waals surface area contributed by atoms with Crippen LogP contribution in [0.3, 0.4) is 0 Å². The minimum absolute atomic E-state index is 0.0927. The van der Waals surface area contributed by atoms with Crippen LogP contribution >= 0.6 is 0 Å². The van der Waals surface area contributed by atoms with Crippen LogP contribution in [0.2, 0.25) is 0 Å². The van der Waals surface area contributed by atoms with Gasteiger partial charge in [0.15, 0.2) is 5.96 Å². The Hall–Kier alpha value is -1.32. The number of hydrogen-bond donors (Lipinski definition) is 3. The van der Waals surface area contributed by atoms with Gasteiger partial charge in [-0.15, -0.1) is 0 Å². The van der Waals surface area contributed by atoms with E-state index >= 15 is 0 Å². The Morgan fingerprint density at radius 2 is 2.55 bits per heavy atom. The molecule has 0 bridgehead atoms. The Labute approximate surface area is 64.4 Å². The van der Waals surface area contributed by atoms with Crippen molar-refractivity contribution in [3.8, 4) is 0 Å². The van der Waals surface area contributed by atoms with Gasteiger partial charge in [-0.05, 0) is 0 Å². The fourth-order valence-corrected chi connectivity index (χ4v) is 0.985. The Balaban J connectivity index is 2.75. The van der Waals surface area contributed by atoms with Crippen molar-refractivity contribution in [1.82, 2.24) is 10.2 Å². The monoisotopic (exact) mass is 154 g/mol. The Morgan fingerprint density at radius 1 is 1.82 bits per heavy atom. The summed E-state index contributed by atoms with van der Waals surface area (Å²) in [6, 6.07) is 0. The summed E-state index contributed by atoms with van der Waals surface area (Å²) in [5.74, 6) is 1.65. The highest BCUT2D eigenvalue weighted by molar-refractivity contribution is 5.79. The molecular formula is C6H10N4O. The smallest absolute Gasteiger partial charge is 0.193 e. The molecule has 0 atom stereocenters. The zero-order valence-corrected chi connectivity index (χ0v) is 6.05. The molecule has 11 heavy (non-hydrogen) atoms. The molecule has 0 aromatic heterocycles. The van der Waals surface area contributed by atoms with Gasteiger partial charge in [-0.2, -0.15) is 0 Å². The molecule has 1 rings (SSSR count). The Bertz CT molecular complexity index is 219. The summed E-state index contributed by atoms with van der Waals surface area (Å²) in [6.07, 6.45) is 0. The molecule has 0 saturated carbocycles. The van der Waals surface area contributed by atoms with E-state index in [-0.39, 0.29) is 5.96 Å². The van der Waals surface area contributed by atoms with E-state index in [4.69, 9.17) is 11.1 Å². The van der Waals surface area contributed by atoms with Gasteiger partial charge in [-0.25, -0.2) is 4.79 Å². The van der Waals surface area contributed by atoms with Gasteiger partial charge >= 0.3 is 0 Å². The van der Waals surface area contributed by atoms with E-state index in [1.807, 2.05) is 0 Å². The molecule has 5 heteroatoms. The molecule has 0 unspecified atom stereocenters. The predicted octanol–water partition coefficient (Wildman–Crippen LogP) is -1.50. The standard InChI is InChI=1S/C6H10N4O/c7-6(8)10-2-1-9-3-5(10)4-11/h9H,1-3H2,(H3,7,8). The lowest BCUT2D eigenvalue weighted by molar-refractivity contribution is 0.421. The van der Waals surface area contributed by atoms with Crippen LogP contribution < -0.4 is 11.1 Å². The first-order valence-corrected chi connectivity index (χ1v) is 3.32. The van der Waals surface area contributed by atoms with E-state index in [1.54, 1.807) is 5.94 Å². The third kappa shape index (κ3) is 1.58. The van der Waals surface area contributed by atoms with Gasteiger partial charge in [-0.1, -0.05) is 0 Å². The third-order valence-corrected chi connectivity index (χ3v) is 1.54. The van der Waals surface area contributed by atoms with Crippen molar-refractivity contribution < 1.29 is 4.79 Å². The number of nitrogens with zero attached hydrogens (tertiary/aromatic N) is 1. The number of nitrogens with two attached hydrogens (primary N) is 1. The van der Waals surface area contributed by atoms with Crippen molar-refractivity contribution in [2.45, 2.75) is 0 Å². The second-order valence-corrected chi connectivity index (χ2v) is 2.26. The second-order valence-electron chi connectivity index (χ2n) is 2.26. The molecule has 0 aliphatic carbocycles. The average Bonchev–Trinajstić information content (AvgIpc) is 2.04. The quantitative estimate of drug-likeness (QED) is 0.225. The van der Waals surface area contributed by atoms with Crippen LogP contribution in [0, 0.1) is 5.41 Å². The van der Waals surface area contributed by atoms with E-state index in [9.17, 15) is 4.79 Å². The number of carbonyl (C=O) groups excluding carboxylic acids is 1. The van der Waals surface area contributed by atoms with Crippen molar-refractivity contribution >= 4 is 11.9 Å². The van der Waals surface area contributed by atoms with E-state index in [1.165, 1.54) is 4.90 Å². The lowest BCUT2D eigenvalue weighted by atomic mass is 10.3. The highest BCUT2D eigenvalue weighted by Gasteiger charge is 2.16. The van der Waals surface area contributed by atoms with Crippen molar-refractivity contribution in [2.75, 3.05) is 19.6 Å². The Morgan fingerprint density at radius 3 is 3.00 bits per heavy atom. The maximum absolute atomic E-state index is 10.3. The summed E-state index contributed by atoms with van der Waals surface area (Å²) in [7, 11) is 0. The lowest BCUT2D eigenvalue weighted by Gasteiger charge is -2.27. The number of hydrogen-bond acceptors (Lipinski definition) is 3. The van der Waals surface area contributed by atoms with Crippen molar-refractivity contribution in [1.29, 1.82) is 5.41 Å². The molecule has 1 fully saturated rings. The molecule has 0 aromatic carbocycles. The normalized spacial score (nSPS) is 17.8. The molecule has 60 valence electrons. The molecule has 1 saturated heterocycles. The van der Waals surface area contributed by atoms with Crippen LogP contribution in [0.25, 0.3) is 0 Å². The summed E-state index contributed by atoms with van der Waals surface area (Å²) in [6.45, 7) is 1.76. The highest BCUT2D eigenvalue weighted by Crippen LogP contribution is 2.01. The molecule has 1 heterocycles. The molecule has 0 spiro atoms. The Kier molecular flexibility index (Phi) is 2.25. The molecular weight excluding hydrogens is 144 g/mol. The van der Waals surface area contributed by atoms with E-state index < -0.39 is 0 Å². The van der Waals surface area contributed by atoms with Gasteiger partial charge in [0.2, 0.25) is 0 Å². The third-order valence-electron chi connectivity index (χ3n) is 1.54. The van der Waals surface area contributed by atoms with Gasteiger partial charge in [0, 0.05) is 19.6 Å². The molecule has 4 N–H and O–H groups in total. The van der Waals surface area contributed by atoms with Gasteiger partial charge < -0.3 is 16.0 Å². The summed E-state index contributed by atoms with van der Waals surface area (Å²) < 4.78 is 0.